The molecular formula is C17H17ClN2O3. The summed E-state index contributed by atoms with van der Waals surface area (Å²) in [4.78, 5) is 17.2. The number of hydrogen-bond donors (Lipinski definition) is 1. The molecule has 0 aliphatic carbocycles. The van der Waals surface area contributed by atoms with Gasteiger partial charge in [0.05, 0.1) is 18.1 Å². The molecule has 1 aliphatic rings. The summed E-state index contributed by atoms with van der Waals surface area (Å²) in [5, 5.41) is 9.22. The van der Waals surface area contributed by atoms with E-state index >= 15 is 0 Å². The van der Waals surface area contributed by atoms with Crippen LogP contribution in [-0.2, 0) is 6.42 Å². The Hall–Kier alpha value is -2.27. The van der Waals surface area contributed by atoms with Gasteiger partial charge in [-0.1, -0.05) is 36.7 Å². The van der Waals surface area contributed by atoms with Crippen LogP contribution in [0.1, 0.15) is 23.0 Å². The Morgan fingerprint density at radius 3 is 2.78 bits per heavy atom. The molecule has 1 aromatic heterocycles. The van der Waals surface area contributed by atoms with Crippen molar-refractivity contribution in [3.05, 3.63) is 52.7 Å². The lowest BCUT2D eigenvalue weighted by atomic mass is 10.1. The van der Waals surface area contributed by atoms with E-state index in [9.17, 15) is 4.79 Å². The number of pyridine rings is 1. The van der Waals surface area contributed by atoms with Crippen LogP contribution in [0.4, 0.5) is 5.82 Å². The molecule has 0 bridgehead atoms. The van der Waals surface area contributed by atoms with Crippen molar-refractivity contribution in [2.45, 2.75) is 19.4 Å². The summed E-state index contributed by atoms with van der Waals surface area (Å²) in [6.45, 7) is 3.44. The first kappa shape index (κ1) is 15.6. The van der Waals surface area contributed by atoms with Crippen LogP contribution in [0.15, 0.2) is 36.4 Å². The molecule has 5 nitrogen and oxygen atoms in total. The van der Waals surface area contributed by atoms with E-state index in [2.05, 4.69) is 18.0 Å². The van der Waals surface area contributed by atoms with Gasteiger partial charge in [-0.05, 0) is 30.2 Å². The van der Waals surface area contributed by atoms with Gasteiger partial charge in [-0.25, -0.2) is 9.78 Å². The van der Waals surface area contributed by atoms with Gasteiger partial charge in [-0.2, -0.15) is 0 Å². The first-order valence-electron chi connectivity index (χ1n) is 7.48. The summed E-state index contributed by atoms with van der Waals surface area (Å²) >= 11 is 5.84. The number of anilines is 1. The zero-order chi connectivity index (χ0) is 16.4. The molecule has 0 atom stereocenters. The van der Waals surface area contributed by atoms with Crippen molar-refractivity contribution in [1.82, 2.24) is 4.98 Å². The van der Waals surface area contributed by atoms with E-state index in [1.54, 1.807) is 12.1 Å². The fraction of sp³-hybridized carbons (Fsp3) is 0.294. The quantitative estimate of drug-likeness (QED) is 0.910. The molecule has 2 aromatic rings. The molecule has 1 aliphatic heterocycles. The molecule has 0 radical (unpaired) electrons. The van der Waals surface area contributed by atoms with Gasteiger partial charge >= 0.3 is 5.97 Å². The Kier molecular flexibility index (Phi) is 4.39. The number of aryl methyl sites for hydroxylation is 1. The van der Waals surface area contributed by atoms with E-state index in [1.165, 1.54) is 5.56 Å². The lowest BCUT2D eigenvalue weighted by Crippen LogP contribution is -2.54. The third-order valence-electron chi connectivity index (χ3n) is 3.85. The van der Waals surface area contributed by atoms with Gasteiger partial charge in [-0.3, -0.25) is 0 Å². The Bertz CT molecular complexity index is 730. The summed E-state index contributed by atoms with van der Waals surface area (Å²) < 4.78 is 6.01. The monoisotopic (exact) mass is 332 g/mol. The van der Waals surface area contributed by atoms with Crippen LogP contribution in [0.2, 0.25) is 5.02 Å². The molecule has 120 valence electrons. The standard InChI is InChI=1S/C17H17ClN2O3/c1-2-11-5-3-4-6-14(11)23-12-9-20(10-12)15-8-7-13(18)16(19-15)17(21)22/h3-8,12H,2,9-10H2,1H3,(H,21,22). The minimum Gasteiger partial charge on any atom is -0.486 e. The number of para-hydroxylation sites is 1. The number of nitrogens with zero attached hydrogens (tertiary/aromatic N) is 2. The predicted octanol–water partition coefficient (Wildman–Crippen LogP) is 3.26. The Morgan fingerprint density at radius 1 is 1.35 bits per heavy atom. The summed E-state index contributed by atoms with van der Waals surface area (Å²) in [5.41, 5.74) is 1.06. The van der Waals surface area contributed by atoms with Crippen LogP contribution in [-0.4, -0.2) is 35.3 Å². The maximum absolute atomic E-state index is 11.1. The van der Waals surface area contributed by atoms with Crippen molar-refractivity contribution < 1.29 is 14.6 Å². The van der Waals surface area contributed by atoms with E-state index in [0.717, 1.165) is 12.2 Å². The number of carbonyl (C=O) groups is 1. The highest BCUT2D eigenvalue weighted by atomic mass is 35.5. The zero-order valence-corrected chi connectivity index (χ0v) is 13.5. The lowest BCUT2D eigenvalue weighted by molar-refractivity contribution is 0.0690. The smallest absolute Gasteiger partial charge is 0.356 e. The number of aromatic carboxylic acids is 1. The third kappa shape index (κ3) is 3.24. The average molecular weight is 333 g/mol. The number of ether oxygens (including phenoxy) is 1. The van der Waals surface area contributed by atoms with E-state index < -0.39 is 5.97 Å². The van der Waals surface area contributed by atoms with Gasteiger partial charge < -0.3 is 14.7 Å². The van der Waals surface area contributed by atoms with Crippen molar-refractivity contribution in [3.63, 3.8) is 0 Å². The van der Waals surface area contributed by atoms with Crippen LogP contribution in [0, 0.1) is 0 Å². The Balaban J connectivity index is 1.65. The molecule has 0 saturated carbocycles. The van der Waals surface area contributed by atoms with Crippen LogP contribution in [0.5, 0.6) is 5.75 Å². The average Bonchev–Trinajstić information content (AvgIpc) is 2.51. The lowest BCUT2D eigenvalue weighted by Gasteiger charge is -2.40. The highest BCUT2D eigenvalue weighted by Crippen LogP contribution is 2.27. The van der Waals surface area contributed by atoms with Gasteiger partial charge in [0.2, 0.25) is 0 Å². The van der Waals surface area contributed by atoms with Crippen LogP contribution < -0.4 is 9.64 Å². The second kappa shape index (κ2) is 6.46. The van der Waals surface area contributed by atoms with Crippen molar-refractivity contribution in [2.75, 3.05) is 18.0 Å². The van der Waals surface area contributed by atoms with Crippen LogP contribution in [0.3, 0.4) is 0 Å². The van der Waals surface area contributed by atoms with Crippen molar-refractivity contribution in [1.29, 1.82) is 0 Å². The minimum atomic E-state index is -1.12. The van der Waals surface area contributed by atoms with Crippen molar-refractivity contribution >= 4 is 23.4 Å². The SMILES string of the molecule is CCc1ccccc1OC1CN(c2ccc(Cl)c(C(=O)O)n2)C1. The van der Waals surface area contributed by atoms with Crippen molar-refractivity contribution in [3.8, 4) is 5.75 Å². The van der Waals surface area contributed by atoms with E-state index in [4.69, 9.17) is 21.4 Å². The molecule has 1 fully saturated rings. The van der Waals surface area contributed by atoms with E-state index in [1.807, 2.05) is 23.1 Å². The molecule has 1 N–H and O–H groups in total. The molecule has 0 unspecified atom stereocenters. The van der Waals surface area contributed by atoms with Gasteiger partial charge in [0.25, 0.3) is 0 Å². The maximum Gasteiger partial charge on any atom is 0.356 e. The molecule has 0 spiro atoms. The number of rotatable bonds is 5. The predicted molar refractivity (Wildman–Crippen MR) is 88.7 cm³/mol. The van der Waals surface area contributed by atoms with E-state index in [-0.39, 0.29) is 16.8 Å². The Labute approximate surface area is 139 Å². The number of halogens is 1. The second-order valence-corrected chi connectivity index (χ2v) is 5.82. The third-order valence-corrected chi connectivity index (χ3v) is 4.16. The topological polar surface area (TPSA) is 62.7 Å². The summed E-state index contributed by atoms with van der Waals surface area (Å²) in [6, 6.07) is 11.3. The normalized spacial score (nSPS) is 14.4. The fourth-order valence-electron chi connectivity index (χ4n) is 2.55. The second-order valence-electron chi connectivity index (χ2n) is 5.41. The molecule has 3 rings (SSSR count). The Morgan fingerprint density at radius 2 is 2.09 bits per heavy atom. The largest absolute Gasteiger partial charge is 0.486 e. The fourth-order valence-corrected chi connectivity index (χ4v) is 2.73. The zero-order valence-electron chi connectivity index (χ0n) is 12.7. The molecule has 6 heteroatoms. The van der Waals surface area contributed by atoms with Gasteiger partial charge in [0.15, 0.2) is 5.69 Å². The molecular weight excluding hydrogens is 316 g/mol. The van der Waals surface area contributed by atoms with Gasteiger partial charge in [0.1, 0.15) is 17.7 Å². The van der Waals surface area contributed by atoms with Crippen molar-refractivity contribution in [2.24, 2.45) is 0 Å². The number of carboxylic acids is 1. The molecule has 23 heavy (non-hydrogen) atoms. The van der Waals surface area contributed by atoms with E-state index in [0.29, 0.717) is 18.9 Å². The summed E-state index contributed by atoms with van der Waals surface area (Å²) in [5.74, 6) is 0.396. The maximum atomic E-state index is 11.1. The minimum absolute atomic E-state index is 0.0773. The molecule has 2 heterocycles. The number of aromatic nitrogens is 1. The number of benzene rings is 1. The molecule has 1 aromatic carbocycles. The summed E-state index contributed by atoms with van der Waals surface area (Å²) in [7, 11) is 0. The first-order chi connectivity index (χ1) is 11.1. The van der Waals surface area contributed by atoms with Crippen LogP contribution in [0.25, 0.3) is 0 Å². The highest BCUT2D eigenvalue weighted by molar-refractivity contribution is 6.33. The van der Waals surface area contributed by atoms with Gasteiger partial charge in [0, 0.05) is 0 Å². The molecule has 0 amide bonds. The first-order valence-corrected chi connectivity index (χ1v) is 7.85. The van der Waals surface area contributed by atoms with Crippen LogP contribution >= 0.6 is 11.6 Å². The summed E-state index contributed by atoms with van der Waals surface area (Å²) in [6.07, 6.45) is 1.00. The number of hydrogen-bond acceptors (Lipinski definition) is 4. The molecule has 1 saturated heterocycles. The van der Waals surface area contributed by atoms with Gasteiger partial charge in [-0.15, -0.1) is 0 Å². The number of carboxylic acid groups (broad SMARTS) is 1. The highest BCUT2D eigenvalue weighted by Gasteiger charge is 2.30.